The third-order valence-electron chi connectivity index (χ3n) is 2.23. The molecule has 0 spiro atoms. The summed E-state index contributed by atoms with van der Waals surface area (Å²) in [5, 5.41) is 9.86. The predicted molar refractivity (Wildman–Crippen MR) is 63.4 cm³/mol. The van der Waals surface area contributed by atoms with Gasteiger partial charge in [-0.3, -0.25) is 0 Å². The highest BCUT2D eigenvalue weighted by atomic mass is 79.9. The van der Waals surface area contributed by atoms with Gasteiger partial charge in [0.25, 0.3) is 0 Å². The molecule has 0 saturated heterocycles. The van der Waals surface area contributed by atoms with Crippen molar-refractivity contribution in [3.63, 3.8) is 0 Å². The van der Waals surface area contributed by atoms with Crippen LogP contribution in [0.25, 0.3) is 0 Å². The molecule has 1 N–H and O–H groups in total. The average molecular weight is 257 g/mol. The fourth-order valence-electron chi connectivity index (χ4n) is 1.50. The maximum absolute atomic E-state index is 9.86. The Balaban J connectivity index is 3.02. The number of aryl methyl sites for hydroxylation is 1. The largest absolute Gasteiger partial charge is 0.386 e. The topological polar surface area (TPSA) is 20.2 Å². The second kappa shape index (κ2) is 4.45. The van der Waals surface area contributed by atoms with Crippen LogP contribution < -0.4 is 0 Å². The fraction of sp³-hybridized carbons (Fsp3) is 0.500. The zero-order valence-electron chi connectivity index (χ0n) is 8.97. The van der Waals surface area contributed by atoms with Gasteiger partial charge in [-0.05, 0) is 37.5 Å². The molecular formula is C12H17BrO. The van der Waals surface area contributed by atoms with Crippen LogP contribution in [0.5, 0.6) is 0 Å². The highest BCUT2D eigenvalue weighted by Gasteiger charge is 2.18. The van der Waals surface area contributed by atoms with Crippen LogP contribution >= 0.6 is 15.9 Å². The third-order valence-corrected chi connectivity index (χ3v) is 2.89. The summed E-state index contributed by atoms with van der Waals surface area (Å²) in [6.07, 6.45) is 2.24. The van der Waals surface area contributed by atoms with E-state index in [0.717, 1.165) is 22.9 Å². The minimum absolute atomic E-state index is 0.774. The molecule has 0 unspecified atom stereocenters. The minimum atomic E-state index is -0.774. The van der Waals surface area contributed by atoms with E-state index in [0.29, 0.717) is 0 Å². The SMILES string of the molecule is CCCc1ccc(C(C)(C)O)c(Br)c1. The van der Waals surface area contributed by atoms with Crippen LogP contribution in [-0.4, -0.2) is 5.11 Å². The van der Waals surface area contributed by atoms with Gasteiger partial charge in [0.2, 0.25) is 0 Å². The Labute approximate surface area is 94.3 Å². The van der Waals surface area contributed by atoms with Gasteiger partial charge in [0.05, 0.1) is 5.60 Å². The van der Waals surface area contributed by atoms with Crippen LogP contribution in [0, 0.1) is 0 Å². The van der Waals surface area contributed by atoms with Crippen molar-refractivity contribution in [2.75, 3.05) is 0 Å². The molecule has 0 heterocycles. The van der Waals surface area contributed by atoms with Gasteiger partial charge in [0, 0.05) is 4.47 Å². The summed E-state index contributed by atoms with van der Waals surface area (Å²) in [7, 11) is 0. The highest BCUT2D eigenvalue weighted by Crippen LogP contribution is 2.28. The molecule has 1 rings (SSSR count). The molecule has 1 aromatic carbocycles. The van der Waals surface area contributed by atoms with Crippen molar-refractivity contribution >= 4 is 15.9 Å². The van der Waals surface area contributed by atoms with E-state index >= 15 is 0 Å². The van der Waals surface area contributed by atoms with Crippen LogP contribution in [0.4, 0.5) is 0 Å². The van der Waals surface area contributed by atoms with E-state index in [2.05, 4.69) is 35.0 Å². The molecular weight excluding hydrogens is 240 g/mol. The molecule has 2 heteroatoms. The summed E-state index contributed by atoms with van der Waals surface area (Å²) in [6, 6.07) is 6.17. The quantitative estimate of drug-likeness (QED) is 0.876. The van der Waals surface area contributed by atoms with Crippen molar-refractivity contribution in [3.05, 3.63) is 33.8 Å². The van der Waals surface area contributed by atoms with Gasteiger partial charge in [-0.25, -0.2) is 0 Å². The number of benzene rings is 1. The predicted octanol–water partition coefficient (Wildman–Crippen LogP) is 3.63. The molecule has 0 atom stereocenters. The Morgan fingerprint density at radius 2 is 2.00 bits per heavy atom. The Bertz CT molecular complexity index is 313. The third kappa shape index (κ3) is 2.82. The van der Waals surface area contributed by atoms with E-state index in [-0.39, 0.29) is 0 Å². The molecule has 14 heavy (non-hydrogen) atoms. The van der Waals surface area contributed by atoms with E-state index in [1.165, 1.54) is 5.56 Å². The van der Waals surface area contributed by atoms with Crippen molar-refractivity contribution < 1.29 is 5.11 Å². The molecule has 0 fully saturated rings. The lowest BCUT2D eigenvalue weighted by atomic mass is 9.96. The van der Waals surface area contributed by atoms with Crippen LogP contribution in [0.3, 0.4) is 0 Å². The fourth-order valence-corrected chi connectivity index (χ4v) is 2.41. The van der Waals surface area contributed by atoms with Crippen molar-refractivity contribution in [2.24, 2.45) is 0 Å². The first-order valence-corrected chi connectivity index (χ1v) is 5.75. The zero-order valence-corrected chi connectivity index (χ0v) is 10.6. The molecule has 0 amide bonds. The summed E-state index contributed by atoms with van der Waals surface area (Å²) >= 11 is 3.49. The van der Waals surface area contributed by atoms with Gasteiger partial charge in [-0.2, -0.15) is 0 Å². The van der Waals surface area contributed by atoms with E-state index in [9.17, 15) is 5.11 Å². The number of hydrogen-bond acceptors (Lipinski definition) is 1. The standard InChI is InChI=1S/C12H17BrO/c1-4-5-9-6-7-10(11(13)8-9)12(2,3)14/h6-8,14H,4-5H2,1-3H3. The number of hydrogen-bond donors (Lipinski definition) is 1. The first kappa shape index (κ1) is 11.7. The van der Waals surface area contributed by atoms with Crippen LogP contribution in [0.2, 0.25) is 0 Å². The van der Waals surface area contributed by atoms with Crippen molar-refractivity contribution in [1.82, 2.24) is 0 Å². The van der Waals surface area contributed by atoms with E-state index in [1.54, 1.807) is 13.8 Å². The number of aliphatic hydroxyl groups is 1. The summed E-state index contributed by atoms with van der Waals surface area (Å²) in [5.41, 5.74) is 1.48. The van der Waals surface area contributed by atoms with Gasteiger partial charge in [0.1, 0.15) is 0 Å². The molecule has 0 aliphatic heterocycles. The lowest BCUT2D eigenvalue weighted by Gasteiger charge is -2.20. The van der Waals surface area contributed by atoms with Gasteiger partial charge >= 0.3 is 0 Å². The summed E-state index contributed by atoms with van der Waals surface area (Å²) < 4.78 is 0.996. The van der Waals surface area contributed by atoms with Gasteiger partial charge < -0.3 is 5.11 Å². The molecule has 0 radical (unpaired) electrons. The summed E-state index contributed by atoms with van der Waals surface area (Å²) in [6.45, 7) is 5.76. The second-order valence-corrected chi connectivity index (χ2v) is 4.98. The zero-order chi connectivity index (χ0) is 10.8. The van der Waals surface area contributed by atoms with E-state index in [4.69, 9.17) is 0 Å². The van der Waals surface area contributed by atoms with Crippen LogP contribution in [-0.2, 0) is 12.0 Å². The minimum Gasteiger partial charge on any atom is -0.386 e. The lowest BCUT2D eigenvalue weighted by molar-refractivity contribution is 0.0778. The molecule has 1 aromatic rings. The first-order valence-electron chi connectivity index (χ1n) is 4.96. The normalized spacial score (nSPS) is 11.8. The lowest BCUT2D eigenvalue weighted by Crippen LogP contribution is -2.16. The average Bonchev–Trinajstić information content (AvgIpc) is 2.02. The smallest absolute Gasteiger partial charge is 0.0851 e. The van der Waals surface area contributed by atoms with Crippen LogP contribution in [0.1, 0.15) is 38.3 Å². The van der Waals surface area contributed by atoms with E-state index in [1.807, 2.05) is 6.07 Å². The molecule has 0 aliphatic rings. The first-order chi connectivity index (χ1) is 6.45. The van der Waals surface area contributed by atoms with Crippen molar-refractivity contribution in [3.8, 4) is 0 Å². The van der Waals surface area contributed by atoms with Crippen molar-refractivity contribution in [2.45, 2.75) is 39.2 Å². The molecule has 0 saturated carbocycles. The number of rotatable bonds is 3. The maximum Gasteiger partial charge on any atom is 0.0851 e. The van der Waals surface area contributed by atoms with Gasteiger partial charge in [-0.1, -0.05) is 41.4 Å². The Kier molecular flexibility index (Phi) is 3.73. The number of halogens is 1. The summed E-state index contributed by atoms with van der Waals surface area (Å²) in [4.78, 5) is 0. The van der Waals surface area contributed by atoms with E-state index < -0.39 is 5.60 Å². The summed E-state index contributed by atoms with van der Waals surface area (Å²) in [5.74, 6) is 0. The maximum atomic E-state index is 9.86. The molecule has 78 valence electrons. The molecule has 0 bridgehead atoms. The molecule has 0 aromatic heterocycles. The molecule has 0 aliphatic carbocycles. The van der Waals surface area contributed by atoms with Crippen LogP contribution in [0.15, 0.2) is 22.7 Å². The Morgan fingerprint density at radius 3 is 2.43 bits per heavy atom. The van der Waals surface area contributed by atoms with Crippen molar-refractivity contribution in [1.29, 1.82) is 0 Å². The highest BCUT2D eigenvalue weighted by molar-refractivity contribution is 9.10. The Hall–Kier alpha value is -0.340. The Morgan fingerprint density at radius 1 is 1.36 bits per heavy atom. The second-order valence-electron chi connectivity index (χ2n) is 4.12. The molecule has 1 nitrogen and oxygen atoms in total. The van der Waals surface area contributed by atoms with Gasteiger partial charge in [0.15, 0.2) is 0 Å². The monoisotopic (exact) mass is 256 g/mol. The van der Waals surface area contributed by atoms with Gasteiger partial charge in [-0.15, -0.1) is 0 Å².